The maximum absolute atomic E-state index is 5.43. The number of rotatable bonds is 3. The first-order valence-electron chi connectivity index (χ1n) is 7.43. The van der Waals surface area contributed by atoms with Crippen LogP contribution in [0.3, 0.4) is 0 Å². The van der Waals surface area contributed by atoms with Crippen LogP contribution in [0, 0.1) is 11.5 Å². The lowest BCUT2D eigenvalue weighted by Crippen LogP contribution is -2.29. The largest absolute Gasteiger partial charge is 0.493 e. The minimum Gasteiger partial charge on any atom is -0.493 e. The Morgan fingerprint density at radius 3 is 2.48 bits per heavy atom. The predicted molar refractivity (Wildman–Crippen MR) is 89.7 cm³/mol. The molecule has 0 aliphatic carbocycles. The van der Waals surface area contributed by atoms with Crippen LogP contribution in [0.15, 0.2) is 12.1 Å². The van der Waals surface area contributed by atoms with E-state index in [-0.39, 0.29) is 6.04 Å². The molecule has 0 fully saturated rings. The fourth-order valence-corrected chi connectivity index (χ4v) is 3.20. The van der Waals surface area contributed by atoms with Crippen molar-refractivity contribution in [3.63, 3.8) is 0 Å². The van der Waals surface area contributed by atoms with Gasteiger partial charge in [0, 0.05) is 12.5 Å². The topological polar surface area (TPSA) is 30.5 Å². The number of hydrogen-bond acceptors (Lipinski definition) is 3. The number of methoxy groups -OCH3 is 2. The number of nitrogens with one attached hydrogen (secondary N) is 1. The van der Waals surface area contributed by atoms with E-state index in [4.69, 9.17) is 9.47 Å². The van der Waals surface area contributed by atoms with Crippen molar-refractivity contribution >= 4 is 8.07 Å². The summed E-state index contributed by atoms with van der Waals surface area (Å²) in [5, 5.41) is 3.57. The van der Waals surface area contributed by atoms with Gasteiger partial charge in [-0.25, -0.2) is 0 Å². The molecule has 0 radical (unpaired) electrons. The van der Waals surface area contributed by atoms with Gasteiger partial charge in [-0.2, -0.15) is 0 Å². The van der Waals surface area contributed by atoms with Gasteiger partial charge in [-0.15, -0.1) is 11.5 Å². The Morgan fingerprint density at radius 2 is 1.86 bits per heavy atom. The molecule has 0 aromatic heterocycles. The van der Waals surface area contributed by atoms with Gasteiger partial charge < -0.3 is 14.8 Å². The molecule has 1 heterocycles. The van der Waals surface area contributed by atoms with Crippen LogP contribution in [0.5, 0.6) is 11.5 Å². The van der Waals surface area contributed by atoms with Gasteiger partial charge in [0.25, 0.3) is 0 Å². The zero-order chi connectivity index (χ0) is 15.5. The van der Waals surface area contributed by atoms with Crippen LogP contribution in [-0.2, 0) is 6.42 Å². The maximum atomic E-state index is 5.43. The average molecular weight is 303 g/mol. The van der Waals surface area contributed by atoms with Gasteiger partial charge in [-0.3, -0.25) is 0 Å². The summed E-state index contributed by atoms with van der Waals surface area (Å²) in [5.41, 5.74) is 6.08. The molecule has 2 rings (SSSR count). The van der Waals surface area contributed by atoms with Crippen LogP contribution >= 0.6 is 0 Å². The second kappa shape index (κ2) is 6.55. The Balaban J connectivity index is 2.27. The molecule has 1 aliphatic rings. The van der Waals surface area contributed by atoms with Gasteiger partial charge in [0.15, 0.2) is 11.5 Å². The van der Waals surface area contributed by atoms with E-state index >= 15 is 0 Å². The van der Waals surface area contributed by atoms with E-state index in [1.54, 1.807) is 14.2 Å². The molecule has 0 spiro atoms. The van der Waals surface area contributed by atoms with Gasteiger partial charge in [0.1, 0.15) is 8.07 Å². The number of hydrogen-bond donors (Lipinski definition) is 1. The first kappa shape index (κ1) is 15.9. The second-order valence-corrected chi connectivity index (χ2v) is 11.2. The van der Waals surface area contributed by atoms with Crippen LogP contribution < -0.4 is 14.8 Å². The highest BCUT2D eigenvalue weighted by molar-refractivity contribution is 6.83. The lowest BCUT2D eigenvalue weighted by molar-refractivity contribution is 0.352. The third-order valence-electron chi connectivity index (χ3n) is 3.58. The van der Waals surface area contributed by atoms with Gasteiger partial charge in [0.05, 0.1) is 14.2 Å². The minimum atomic E-state index is -1.30. The Morgan fingerprint density at radius 1 is 1.19 bits per heavy atom. The van der Waals surface area contributed by atoms with Crippen molar-refractivity contribution in [2.24, 2.45) is 0 Å². The Kier molecular flexibility index (Phi) is 4.97. The van der Waals surface area contributed by atoms with Crippen molar-refractivity contribution in [3.05, 3.63) is 23.3 Å². The molecular formula is C17H25NO2Si. The van der Waals surface area contributed by atoms with Gasteiger partial charge in [-0.1, -0.05) is 19.6 Å². The fraction of sp³-hybridized carbons (Fsp3) is 0.529. The van der Waals surface area contributed by atoms with E-state index in [9.17, 15) is 0 Å². The Hall–Kier alpha value is -1.44. The predicted octanol–water partition coefficient (Wildman–Crippen LogP) is 3.16. The molecule has 0 saturated heterocycles. The van der Waals surface area contributed by atoms with Crippen molar-refractivity contribution in [2.45, 2.75) is 38.5 Å². The van der Waals surface area contributed by atoms with Gasteiger partial charge in [-0.05, 0) is 36.2 Å². The number of fused-ring (bicyclic) bond motifs is 1. The van der Waals surface area contributed by atoms with Crippen LogP contribution in [0.1, 0.15) is 23.6 Å². The summed E-state index contributed by atoms with van der Waals surface area (Å²) in [4.78, 5) is 0. The molecule has 4 heteroatoms. The zero-order valence-electron chi connectivity index (χ0n) is 13.7. The summed E-state index contributed by atoms with van der Waals surface area (Å²) < 4.78 is 10.8. The quantitative estimate of drug-likeness (QED) is 0.687. The van der Waals surface area contributed by atoms with E-state index in [2.05, 4.69) is 48.6 Å². The van der Waals surface area contributed by atoms with Gasteiger partial charge >= 0.3 is 0 Å². The molecule has 1 atom stereocenters. The smallest absolute Gasteiger partial charge is 0.161 e. The minimum absolute atomic E-state index is 0.289. The number of benzene rings is 1. The molecule has 1 aromatic rings. The van der Waals surface area contributed by atoms with Crippen LogP contribution in [0.25, 0.3) is 0 Å². The van der Waals surface area contributed by atoms with Crippen molar-refractivity contribution in [2.75, 3.05) is 20.8 Å². The van der Waals surface area contributed by atoms with E-state index < -0.39 is 8.07 Å². The summed E-state index contributed by atoms with van der Waals surface area (Å²) in [6, 6.07) is 4.49. The SMILES string of the molecule is COc1cc2c(cc1OC)C(CC#C[Si](C)(C)C)NCC2. The first-order valence-corrected chi connectivity index (χ1v) is 10.9. The standard InChI is InChI=1S/C17H25NO2Si/c1-19-16-11-13-8-9-18-15(7-6-10-21(3,4)5)14(13)12-17(16)20-2/h11-12,15,18H,7-9H2,1-5H3. The molecule has 1 aliphatic heterocycles. The van der Waals surface area contributed by atoms with E-state index in [1.165, 1.54) is 11.1 Å². The molecule has 0 amide bonds. The molecule has 1 aromatic carbocycles. The third-order valence-corrected chi connectivity index (χ3v) is 4.50. The summed E-state index contributed by atoms with van der Waals surface area (Å²) in [6.07, 6.45) is 1.88. The summed E-state index contributed by atoms with van der Waals surface area (Å²) >= 11 is 0. The molecule has 114 valence electrons. The van der Waals surface area contributed by atoms with Crippen molar-refractivity contribution in [1.82, 2.24) is 5.32 Å². The summed E-state index contributed by atoms with van der Waals surface area (Å²) in [7, 11) is 2.06. The maximum Gasteiger partial charge on any atom is 0.161 e. The molecule has 21 heavy (non-hydrogen) atoms. The molecule has 1 unspecified atom stereocenters. The normalized spacial score (nSPS) is 17.5. The molecule has 0 saturated carbocycles. The van der Waals surface area contributed by atoms with Crippen molar-refractivity contribution in [3.8, 4) is 23.0 Å². The van der Waals surface area contributed by atoms with E-state index in [0.717, 1.165) is 30.9 Å². The van der Waals surface area contributed by atoms with Crippen molar-refractivity contribution in [1.29, 1.82) is 0 Å². The molecular weight excluding hydrogens is 278 g/mol. The fourth-order valence-electron chi connectivity index (χ4n) is 2.57. The lowest BCUT2D eigenvalue weighted by atomic mass is 9.92. The molecule has 3 nitrogen and oxygen atoms in total. The van der Waals surface area contributed by atoms with Crippen LogP contribution in [-0.4, -0.2) is 28.8 Å². The number of ether oxygens (including phenoxy) is 2. The lowest BCUT2D eigenvalue weighted by Gasteiger charge is -2.27. The zero-order valence-corrected chi connectivity index (χ0v) is 14.7. The van der Waals surface area contributed by atoms with E-state index in [0.29, 0.717) is 0 Å². The highest BCUT2D eigenvalue weighted by atomic mass is 28.3. The Labute approximate surface area is 129 Å². The van der Waals surface area contributed by atoms with Gasteiger partial charge in [0.2, 0.25) is 0 Å². The molecule has 1 N–H and O–H groups in total. The monoisotopic (exact) mass is 303 g/mol. The average Bonchev–Trinajstić information content (AvgIpc) is 2.44. The molecule has 0 bridgehead atoms. The third kappa shape index (κ3) is 4.02. The highest BCUT2D eigenvalue weighted by Gasteiger charge is 2.22. The summed E-state index contributed by atoms with van der Waals surface area (Å²) in [5.74, 6) is 4.98. The van der Waals surface area contributed by atoms with Crippen LogP contribution in [0.2, 0.25) is 19.6 Å². The van der Waals surface area contributed by atoms with E-state index in [1.807, 2.05) is 0 Å². The van der Waals surface area contributed by atoms with Crippen LogP contribution in [0.4, 0.5) is 0 Å². The Bertz CT molecular complexity index is 567. The summed E-state index contributed by atoms with van der Waals surface area (Å²) in [6.45, 7) is 7.81. The first-order chi connectivity index (χ1) is 9.94. The van der Waals surface area contributed by atoms with Crippen molar-refractivity contribution < 1.29 is 9.47 Å². The second-order valence-electron chi connectivity index (χ2n) is 6.42. The highest BCUT2D eigenvalue weighted by Crippen LogP contribution is 2.35.